The van der Waals surface area contributed by atoms with Crippen LogP contribution >= 0.6 is 0 Å². The molecule has 7 nitrogen and oxygen atoms in total. The van der Waals surface area contributed by atoms with E-state index in [1.54, 1.807) is 31.3 Å². The van der Waals surface area contributed by atoms with Crippen LogP contribution in [0.4, 0.5) is 4.39 Å². The van der Waals surface area contributed by atoms with Crippen LogP contribution in [0.3, 0.4) is 0 Å². The van der Waals surface area contributed by atoms with E-state index in [-0.39, 0.29) is 31.0 Å². The Morgan fingerprint density at radius 1 is 1.32 bits per heavy atom. The van der Waals surface area contributed by atoms with Crippen molar-refractivity contribution in [2.75, 3.05) is 13.2 Å². The normalized spacial score (nSPS) is 19.5. The summed E-state index contributed by atoms with van der Waals surface area (Å²) in [4.78, 5) is 23.5. The lowest BCUT2D eigenvalue weighted by molar-refractivity contribution is -0.484. The molecule has 0 N–H and O–H groups in total. The predicted octanol–water partition coefficient (Wildman–Crippen LogP) is 3.92. The molecule has 0 saturated heterocycles. The first-order chi connectivity index (χ1) is 14.9. The second-order valence-corrected chi connectivity index (χ2v) is 8.14. The maximum Gasteiger partial charge on any atom is 0.255 e. The summed E-state index contributed by atoms with van der Waals surface area (Å²) >= 11 is 0. The number of aryl methyl sites for hydroxylation is 1. The molecule has 1 atom stereocenters. The van der Waals surface area contributed by atoms with Crippen LogP contribution in [0.5, 0.6) is 0 Å². The average Bonchev–Trinajstić information content (AvgIpc) is 2.74. The Hall–Kier alpha value is -3.05. The third-order valence-corrected chi connectivity index (χ3v) is 5.83. The van der Waals surface area contributed by atoms with E-state index in [0.717, 1.165) is 36.8 Å². The number of rotatable bonds is 8. The first-order valence-corrected chi connectivity index (χ1v) is 10.4. The number of benzene rings is 1. The van der Waals surface area contributed by atoms with Gasteiger partial charge in [0.05, 0.1) is 24.7 Å². The summed E-state index contributed by atoms with van der Waals surface area (Å²) in [5.74, 6) is -0.646. The van der Waals surface area contributed by atoms with E-state index < -0.39 is 22.9 Å². The summed E-state index contributed by atoms with van der Waals surface area (Å²) in [5.41, 5.74) is 1.66. The van der Waals surface area contributed by atoms with E-state index in [1.807, 2.05) is 12.1 Å². The van der Waals surface area contributed by atoms with E-state index in [9.17, 15) is 19.3 Å². The van der Waals surface area contributed by atoms with Crippen molar-refractivity contribution in [1.82, 2.24) is 4.57 Å². The van der Waals surface area contributed by atoms with Gasteiger partial charge in [0.15, 0.2) is 0 Å². The highest BCUT2D eigenvalue weighted by Gasteiger charge is 2.27. The van der Waals surface area contributed by atoms with Gasteiger partial charge < -0.3 is 9.30 Å². The number of nitrogens with zero attached hydrogens (tertiary/aromatic N) is 3. The first-order valence-electron chi connectivity index (χ1n) is 10.4. The van der Waals surface area contributed by atoms with Crippen molar-refractivity contribution in [3.8, 4) is 6.07 Å². The van der Waals surface area contributed by atoms with E-state index in [0.29, 0.717) is 5.56 Å². The minimum atomic E-state index is -0.687. The van der Waals surface area contributed by atoms with Crippen molar-refractivity contribution in [2.45, 2.75) is 57.1 Å². The molecule has 1 aromatic heterocycles. The lowest BCUT2D eigenvalue weighted by atomic mass is 9.82. The average molecular weight is 427 g/mol. The number of ether oxygens (including phenoxy) is 1. The number of halogens is 1. The molecule has 1 aliphatic carbocycles. The minimum absolute atomic E-state index is 0.0507. The number of hydrogen-bond donors (Lipinski definition) is 0. The van der Waals surface area contributed by atoms with Crippen LogP contribution in [0.1, 0.15) is 54.2 Å². The predicted molar refractivity (Wildman–Crippen MR) is 113 cm³/mol. The van der Waals surface area contributed by atoms with Gasteiger partial charge in [-0.1, -0.05) is 12.1 Å². The molecule has 1 aliphatic rings. The van der Waals surface area contributed by atoms with Crippen LogP contribution < -0.4 is 5.56 Å². The molecule has 0 aliphatic heterocycles. The van der Waals surface area contributed by atoms with Crippen LogP contribution in [0, 0.1) is 34.2 Å². The second-order valence-electron chi connectivity index (χ2n) is 8.14. The molecule has 0 amide bonds. The zero-order chi connectivity index (χ0) is 22.4. The Kier molecular flexibility index (Phi) is 7.53. The molecule has 164 valence electrons. The second kappa shape index (κ2) is 10.3. The highest BCUT2D eigenvalue weighted by Crippen LogP contribution is 2.34. The highest BCUT2D eigenvalue weighted by atomic mass is 19.1. The van der Waals surface area contributed by atoms with E-state index >= 15 is 0 Å². The lowest BCUT2D eigenvalue weighted by Gasteiger charge is -2.29. The molecule has 0 spiro atoms. The number of pyridine rings is 1. The van der Waals surface area contributed by atoms with Gasteiger partial charge in [-0.15, -0.1) is 0 Å². The maximum absolute atomic E-state index is 13.5. The van der Waals surface area contributed by atoms with Crippen LogP contribution in [-0.4, -0.2) is 28.7 Å². The fourth-order valence-corrected chi connectivity index (χ4v) is 4.30. The smallest absolute Gasteiger partial charge is 0.255 e. The fourth-order valence-electron chi connectivity index (χ4n) is 4.30. The third kappa shape index (κ3) is 5.98. The zero-order valence-corrected chi connectivity index (χ0v) is 17.5. The number of nitro groups is 1. The standard InChI is InChI=1S/C23H26FN3O4/c1-16-11-22(23(28)26(13-16)10-9-25)19(14-27(29)30)15-31-21-7-5-17(6-8-21)18-3-2-4-20(24)12-18/h2-4,11-13,17,19,21H,5-8,10,14-15H2,1H3. The molecule has 0 bridgehead atoms. The molecule has 1 unspecified atom stereocenters. The fraction of sp³-hybridized carbons (Fsp3) is 0.478. The van der Waals surface area contributed by atoms with E-state index in [2.05, 4.69) is 0 Å². The number of nitriles is 1. The SMILES string of the molecule is Cc1cc(C(COC2CCC(c3cccc(F)c3)CC2)C[N+](=O)[O-])c(=O)n(CC#N)c1. The Bertz CT molecular complexity index is 1020. The molecule has 2 aromatic rings. The Balaban J connectivity index is 1.66. The van der Waals surface area contributed by atoms with Gasteiger partial charge in [0.1, 0.15) is 12.4 Å². The van der Waals surface area contributed by atoms with Gasteiger partial charge >= 0.3 is 0 Å². The molecule has 1 saturated carbocycles. The first kappa shape index (κ1) is 22.6. The van der Waals surface area contributed by atoms with Gasteiger partial charge in [0.25, 0.3) is 5.56 Å². The lowest BCUT2D eigenvalue weighted by Crippen LogP contribution is -2.31. The van der Waals surface area contributed by atoms with Crippen molar-refractivity contribution in [3.05, 3.63) is 79.5 Å². The summed E-state index contributed by atoms with van der Waals surface area (Å²) in [6, 6.07) is 10.2. The molecule has 3 rings (SSSR count). The zero-order valence-electron chi connectivity index (χ0n) is 17.5. The quantitative estimate of drug-likeness (QED) is 0.470. The van der Waals surface area contributed by atoms with Gasteiger partial charge in [-0.25, -0.2) is 4.39 Å². The van der Waals surface area contributed by atoms with Crippen molar-refractivity contribution in [1.29, 1.82) is 5.26 Å². The van der Waals surface area contributed by atoms with E-state index in [1.165, 1.54) is 10.6 Å². The molecule has 0 radical (unpaired) electrons. The summed E-state index contributed by atoms with van der Waals surface area (Å²) in [5, 5.41) is 20.2. The van der Waals surface area contributed by atoms with Crippen molar-refractivity contribution in [3.63, 3.8) is 0 Å². The minimum Gasteiger partial charge on any atom is -0.377 e. The van der Waals surface area contributed by atoms with Crippen LogP contribution in [0.15, 0.2) is 41.3 Å². The number of aromatic nitrogens is 1. The van der Waals surface area contributed by atoms with Crippen LogP contribution in [0.2, 0.25) is 0 Å². The largest absolute Gasteiger partial charge is 0.377 e. The van der Waals surface area contributed by atoms with Gasteiger partial charge in [-0.05, 0) is 67.9 Å². The Morgan fingerprint density at radius 2 is 2.06 bits per heavy atom. The molecule has 8 heteroatoms. The van der Waals surface area contributed by atoms with Crippen molar-refractivity contribution in [2.24, 2.45) is 0 Å². The summed E-state index contributed by atoms with van der Waals surface area (Å²) in [6.45, 7) is 1.34. The van der Waals surface area contributed by atoms with Crippen LogP contribution in [-0.2, 0) is 11.3 Å². The van der Waals surface area contributed by atoms with E-state index in [4.69, 9.17) is 10.00 Å². The van der Waals surface area contributed by atoms with Crippen molar-refractivity contribution < 1.29 is 14.1 Å². The molecule has 31 heavy (non-hydrogen) atoms. The summed E-state index contributed by atoms with van der Waals surface area (Å²) in [6.07, 6.45) is 4.79. The molecular weight excluding hydrogens is 401 g/mol. The maximum atomic E-state index is 13.5. The Labute approximate surface area is 180 Å². The van der Waals surface area contributed by atoms with Crippen molar-refractivity contribution >= 4 is 0 Å². The Morgan fingerprint density at radius 3 is 2.71 bits per heavy atom. The summed E-state index contributed by atoms with van der Waals surface area (Å²) < 4.78 is 20.8. The topological polar surface area (TPSA) is 98.2 Å². The molecule has 1 aromatic carbocycles. The van der Waals surface area contributed by atoms with Gasteiger partial charge in [0, 0.05) is 16.7 Å². The third-order valence-electron chi connectivity index (χ3n) is 5.83. The van der Waals surface area contributed by atoms with Gasteiger partial charge in [0.2, 0.25) is 6.54 Å². The monoisotopic (exact) mass is 427 g/mol. The molecular formula is C23H26FN3O4. The summed E-state index contributed by atoms with van der Waals surface area (Å²) in [7, 11) is 0. The van der Waals surface area contributed by atoms with Crippen LogP contribution in [0.25, 0.3) is 0 Å². The van der Waals surface area contributed by atoms with Gasteiger partial charge in [-0.3, -0.25) is 14.9 Å². The highest BCUT2D eigenvalue weighted by molar-refractivity contribution is 5.23. The molecule has 1 fully saturated rings. The number of hydrogen-bond acceptors (Lipinski definition) is 5. The molecule has 1 heterocycles. The van der Waals surface area contributed by atoms with Gasteiger partial charge in [-0.2, -0.15) is 5.26 Å².